The molecular weight excluding hydrogens is 1170 g/mol. The number of pyridine rings is 1. The van der Waals surface area contributed by atoms with Crippen LogP contribution >= 0.6 is 0 Å². The number of benzene rings is 10. The van der Waals surface area contributed by atoms with Crippen LogP contribution in [-0.4, -0.2) is 14.1 Å². The summed E-state index contributed by atoms with van der Waals surface area (Å²) < 4.78 is 65.0. The molecule has 7 heteroatoms. The Labute approximate surface area is 492 Å². The van der Waals surface area contributed by atoms with E-state index < -0.39 is 18.1 Å². The smallest absolute Gasteiger partial charge is 0.268 e. The number of hydrogen-bond acceptors (Lipinski definition) is 3. The van der Waals surface area contributed by atoms with Crippen molar-refractivity contribution in [2.24, 2.45) is 0 Å². The molecule has 0 aliphatic carbocycles. The fourth-order valence-electron chi connectivity index (χ4n) is 11.8. The summed E-state index contributed by atoms with van der Waals surface area (Å²) in [5, 5.41) is 4.11. The molecule has 0 bridgehead atoms. The molecule has 0 atom stereocenters. The summed E-state index contributed by atoms with van der Waals surface area (Å²) in [7, 11) is 0. The fraction of sp³-hybridized carbons (Fsp3) is 0.108. The van der Waals surface area contributed by atoms with Crippen LogP contribution in [0.15, 0.2) is 223 Å². The van der Waals surface area contributed by atoms with E-state index in [4.69, 9.17) is 18.3 Å². The van der Waals surface area contributed by atoms with Gasteiger partial charge in [-0.05, 0) is 131 Å². The van der Waals surface area contributed by atoms with Gasteiger partial charge < -0.3 is 18.3 Å². The Morgan fingerprint density at radius 2 is 1.20 bits per heavy atom. The van der Waals surface area contributed by atoms with Crippen molar-refractivity contribution in [3.63, 3.8) is 0 Å². The molecule has 0 spiro atoms. The van der Waals surface area contributed by atoms with Crippen molar-refractivity contribution >= 4 is 54.8 Å². The van der Waals surface area contributed by atoms with Gasteiger partial charge in [0.15, 0.2) is 0 Å². The van der Waals surface area contributed by atoms with Crippen molar-refractivity contribution in [2.75, 3.05) is 0 Å². The van der Waals surface area contributed by atoms with E-state index in [1.165, 1.54) is 5.56 Å². The first-order chi connectivity index (χ1) is 41.0. The first-order valence-electron chi connectivity index (χ1n) is 29.5. The van der Waals surface area contributed by atoms with Gasteiger partial charge in [-0.3, -0.25) is 4.57 Å². The van der Waals surface area contributed by atoms with E-state index in [0.29, 0.717) is 28.4 Å². The van der Waals surface area contributed by atoms with Gasteiger partial charge in [-0.1, -0.05) is 186 Å². The molecule has 0 amide bonds. The van der Waals surface area contributed by atoms with E-state index in [2.05, 4.69) is 180 Å². The number of fused-ring (bicyclic) bond motifs is 13. The molecule has 4 aromatic heterocycles. The average molecular weight is 1230 g/mol. The molecular formula is C74H54N4O2Pt-2. The normalized spacial score (nSPS) is 13.1. The summed E-state index contributed by atoms with van der Waals surface area (Å²) in [6.45, 7) is 13.2. The Hall–Kier alpha value is -9.09. The summed E-state index contributed by atoms with van der Waals surface area (Å²) in [5.41, 5.74) is 16.1. The predicted molar refractivity (Wildman–Crippen MR) is 325 cm³/mol. The Bertz CT molecular complexity index is 5130. The van der Waals surface area contributed by atoms with Gasteiger partial charge in [0.05, 0.1) is 23.6 Å². The van der Waals surface area contributed by atoms with Crippen LogP contribution in [-0.2, 0) is 31.9 Å². The third-order valence-electron chi connectivity index (χ3n) is 15.8. The molecule has 81 heavy (non-hydrogen) atoms. The zero-order valence-electron chi connectivity index (χ0n) is 50.3. The molecule has 1 aliphatic rings. The predicted octanol–water partition coefficient (Wildman–Crippen LogP) is 18.7. The van der Waals surface area contributed by atoms with Crippen molar-refractivity contribution in [1.82, 2.24) is 14.1 Å². The maximum atomic E-state index is 9.49. The Kier molecular flexibility index (Phi) is 10.5. The summed E-state index contributed by atoms with van der Waals surface area (Å²) in [5.74, 6) is 1.72. The maximum absolute atomic E-state index is 9.49. The van der Waals surface area contributed by atoms with Gasteiger partial charge in [-0.25, -0.2) is 4.98 Å². The van der Waals surface area contributed by atoms with Gasteiger partial charge in [0, 0.05) is 55.1 Å². The molecule has 0 saturated heterocycles. The van der Waals surface area contributed by atoms with E-state index in [1.54, 1.807) is 0 Å². The number of aromatic nitrogens is 4. The number of hydrogen-bond donors (Lipinski definition) is 0. The van der Waals surface area contributed by atoms with Crippen molar-refractivity contribution < 1.29 is 41.6 Å². The van der Waals surface area contributed by atoms with Crippen molar-refractivity contribution in [3.8, 4) is 84.3 Å². The Morgan fingerprint density at radius 3 is 2.02 bits per heavy atom. The largest absolute Gasteiger partial charge is 0.510 e. The zero-order valence-corrected chi connectivity index (χ0v) is 47.6. The first-order valence-corrected chi connectivity index (χ1v) is 27.0. The van der Waals surface area contributed by atoms with Crippen molar-refractivity contribution in [1.29, 1.82) is 0 Å². The van der Waals surface area contributed by atoms with E-state index in [1.807, 2.05) is 82.1 Å². The van der Waals surface area contributed by atoms with E-state index in [9.17, 15) is 2.74 Å². The van der Waals surface area contributed by atoms with E-state index in [-0.39, 0.29) is 49.5 Å². The van der Waals surface area contributed by atoms with Crippen LogP contribution in [0.3, 0.4) is 0 Å². The number of nitrogens with zero attached hydrogens (tertiary/aromatic N) is 4. The van der Waals surface area contributed by atoms with E-state index in [0.717, 1.165) is 111 Å². The zero-order chi connectivity index (χ0) is 58.4. The van der Waals surface area contributed by atoms with Gasteiger partial charge in [-0.2, -0.15) is 18.2 Å². The van der Waals surface area contributed by atoms with Gasteiger partial charge in [0.1, 0.15) is 17.0 Å². The average Bonchev–Trinajstić information content (AvgIpc) is 1.56. The number of imidazole rings is 1. The molecule has 14 aromatic rings. The van der Waals surface area contributed by atoms with Crippen LogP contribution in [0.25, 0.3) is 128 Å². The third-order valence-corrected chi connectivity index (χ3v) is 15.8. The first kappa shape index (κ1) is 44.7. The molecule has 0 radical (unpaired) electrons. The van der Waals surface area contributed by atoms with Gasteiger partial charge >= 0.3 is 0 Å². The second-order valence-electron chi connectivity index (χ2n) is 22.8. The Morgan fingerprint density at radius 1 is 0.506 bits per heavy atom. The second-order valence-corrected chi connectivity index (χ2v) is 22.8. The fourth-order valence-corrected chi connectivity index (χ4v) is 11.8. The minimum absolute atomic E-state index is 0. The van der Waals surface area contributed by atoms with E-state index >= 15 is 0 Å². The van der Waals surface area contributed by atoms with Crippen LogP contribution in [0.1, 0.15) is 59.5 Å². The molecule has 0 unspecified atom stereocenters. The molecule has 1 aliphatic heterocycles. The quantitative estimate of drug-likeness (QED) is 0.123. The van der Waals surface area contributed by atoms with Crippen LogP contribution in [0, 0.1) is 18.5 Å². The molecule has 0 fully saturated rings. The molecule has 15 rings (SSSR count). The molecule has 0 N–H and O–H groups in total. The van der Waals surface area contributed by atoms with Crippen molar-refractivity contribution in [3.05, 3.63) is 248 Å². The van der Waals surface area contributed by atoms with Gasteiger partial charge in [-0.15, -0.1) is 29.7 Å². The molecule has 394 valence electrons. The number of para-hydroxylation sites is 3. The summed E-state index contributed by atoms with van der Waals surface area (Å²) in [6, 6.07) is 67.6. The van der Waals surface area contributed by atoms with Crippen LogP contribution in [0.2, 0.25) is 0 Å². The monoisotopic (exact) mass is 1230 g/mol. The maximum Gasteiger partial charge on any atom is 0.268 e. The summed E-state index contributed by atoms with van der Waals surface area (Å²) in [4.78, 5) is 4.90. The minimum atomic E-state index is -0.460. The van der Waals surface area contributed by atoms with Crippen LogP contribution in [0.4, 0.5) is 0 Å². The summed E-state index contributed by atoms with van der Waals surface area (Å²) in [6.07, 6.45) is 5.73. The number of ether oxygens (including phenoxy) is 1. The van der Waals surface area contributed by atoms with Gasteiger partial charge in [0.25, 0.3) is 6.33 Å². The van der Waals surface area contributed by atoms with Gasteiger partial charge in [0.2, 0.25) is 0 Å². The summed E-state index contributed by atoms with van der Waals surface area (Å²) >= 11 is 0. The standard InChI is InChI=1S/C74H54N4O2.Pt/c1-73(2,3)49-31-33-57-55-22-10-11-23-56(55)64-39-48(47-30-35-69-63(38-47)60-25-13-15-29-68(60)80-69)40-67-72(64)77(71-54(46-18-8-7-9-19-46)26-17-27-61(71)62(57)41-49)45-76(67)51-20-16-21-52(43-51)79-53-32-34-59-58-24-12-14-28-65(58)78(66(59)44-53)70-42-50(36-37-75-70)74(4,5)6;/h7-42H,1-6H3;/q-2;/i7D,8D,9D,18D,19D;. The van der Waals surface area contributed by atoms with Crippen molar-refractivity contribution in [2.45, 2.75) is 52.4 Å². The molecule has 6 nitrogen and oxygen atoms in total. The molecule has 5 heterocycles. The van der Waals surface area contributed by atoms with Crippen LogP contribution in [0.5, 0.6) is 11.5 Å². The molecule has 0 saturated carbocycles. The molecule has 10 aromatic carbocycles. The number of rotatable bonds is 6. The number of furan rings is 1. The minimum Gasteiger partial charge on any atom is -0.510 e. The SMILES string of the molecule is [2H]c1c([2H])c([2H])c(-c2cccc3c2-[n+]2[c-]n(-c4[c-]c(Oc5[c-]c6c(cc5)c5ccccc5n6-c5cc(C(C)(C)C)ccn5)ccc4)c4cc(-c5ccc6oc7ccccc7c6c5)cc(c42)-c2ccccc2-c2ccc(C(C)(C)C)cc2-3)c([2H])c1[2H].[Pt]. The third kappa shape index (κ3) is 8.34. The second kappa shape index (κ2) is 19.0. The Balaban J connectivity index is 0.00000653. The van der Waals surface area contributed by atoms with Crippen LogP contribution < -0.4 is 9.30 Å². The topological polar surface area (TPSA) is 49.0 Å².